The number of hydrogen-bond donors (Lipinski definition) is 0. The summed E-state index contributed by atoms with van der Waals surface area (Å²) in [7, 11) is 0.630. The number of likely N-dealkylation sites (tertiary alicyclic amines) is 1. The molecule has 0 N–H and O–H groups in total. The van der Waals surface area contributed by atoms with Gasteiger partial charge in [0.05, 0.1) is 52.8 Å². The monoisotopic (exact) mass is 779 g/mol. The number of carbonyl (C=O) groups is 1. The summed E-state index contributed by atoms with van der Waals surface area (Å²) in [5, 5.41) is -2.72. The van der Waals surface area contributed by atoms with Crippen molar-refractivity contribution in [1.82, 2.24) is 14.4 Å². The molecule has 5 aromatic rings. The van der Waals surface area contributed by atoms with Gasteiger partial charge in [0.1, 0.15) is 6.50 Å². The first-order valence-corrected chi connectivity index (χ1v) is 15.5. The number of carbonyl (C=O) groups excluding carboxylic acids is 1. The molecule has 0 radical (unpaired) electrons. The molecule has 0 atom stereocenters. The maximum absolute atomic E-state index is 16.1. The Morgan fingerprint density at radius 3 is 2.36 bits per heavy atom. The lowest BCUT2D eigenvalue weighted by Gasteiger charge is -2.39. The summed E-state index contributed by atoms with van der Waals surface area (Å²) in [6, 6.07) is -29.1. The average Bonchev–Trinajstić information content (AvgIpc) is 0.803. The lowest BCUT2D eigenvalue weighted by Crippen LogP contribution is -2.48. The molecule has 2 heterocycles. The summed E-state index contributed by atoms with van der Waals surface area (Å²) in [6.45, 7) is -23.1. The van der Waals surface area contributed by atoms with Crippen molar-refractivity contribution in [2.24, 2.45) is 0 Å². The molecule has 0 bridgehead atoms. The van der Waals surface area contributed by atoms with E-state index in [0.717, 1.165) is 6.92 Å². The molecule has 1 aliphatic rings. The van der Waals surface area contributed by atoms with E-state index in [4.69, 9.17) is 28.8 Å². The molecule has 53 heavy (non-hydrogen) atoms. The fourth-order valence-corrected chi connectivity index (χ4v) is 5.06. The Morgan fingerprint density at radius 2 is 1.70 bits per heavy atom. The van der Waals surface area contributed by atoms with E-state index in [-0.39, 0.29) is 16.3 Å². The lowest BCUT2D eigenvalue weighted by atomic mass is 10.00. The molecule has 0 spiro atoms. The van der Waals surface area contributed by atoms with Gasteiger partial charge in [0.2, 0.25) is 5.91 Å². The van der Waals surface area contributed by atoms with Gasteiger partial charge in [0.25, 0.3) is 0 Å². The molecule has 1 saturated heterocycles. The maximum Gasteiger partial charge on any atom is 0.416 e. The van der Waals surface area contributed by atoms with Gasteiger partial charge in [-0.05, 0) is 66.6 Å². The third-order valence-corrected chi connectivity index (χ3v) is 7.61. The number of methoxy groups -OCH3 is 1. The number of aromatic nitrogens is 1. The van der Waals surface area contributed by atoms with E-state index in [1.54, 1.807) is 0 Å². The van der Waals surface area contributed by atoms with Crippen molar-refractivity contribution < 1.29 is 72.6 Å². The minimum atomic E-state index is -5.60. The van der Waals surface area contributed by atoms with Crippen LogP contribution in [0, 0.1) is 18.6 Å². The number of ether oxygens (including phenoxy) is 1. The van der Waals surface area contributed by atoms with Crippen LogP contribution >= 0.6 is 11.8 Å². The number of benzene rings is 4. The molecule has 0 aliphatic carbocycles. The number of pyridine rings is 1. The van der Waals surface area contributed by atoms with Crippen molar-refractivity contribution in [1.29, 1.82) is 0 Å². The number of alkyl halides is 3. The van der Waals surface area contributed by atoms with Gasteiger partial charge < -0.3 is 19.1 Å². The van der Waals surface area contributed by atoms with Crippen molar-refractivity contribution in [2.75, 3.05) is 33.2 Å². The predicted molar refractivity (Wildman–Crippen MR) is 198 cm³/mol. The Bertz CT molecular complexity index is 3560. The fourth-order valence-electron chi connectivity index (χ4n) is 4.15. The van der Waals surface area contributed by atoms with Crippen LogP contribution in [0.5, 0.6) is 0 Å². The Balaban J connectivity index is 1.85. The highest BCUT2D eigenvalue weighted by Gasteiger charge is 2.31. The Kier molecular flexibility index (Phi) is 4.93. The van der Waals surface area contributed by atoms with Gasteiger partial charge in [0, 0.05) is 72.9 Å². The van der Waals surface area contributed by atoms with Crippen LogP contribution in [0.15, 0.2) is 100 Å². The van der Waals surface area contributed by atoms with Crippen LogP contribution in [-0.4, -0.2) is 59.5 Å². The van der Waals surface area contributed by atoms with Crippen molar-refractivity contribution >= 4 is 28.6 Å². The first-order valence-electron chi connectivity index (χ1n) is 29.5. The van der Waals surface area contributed by atoms with E-state index in [1.165, 1.54) is 0 Å². The van der Waals surface area contributed by atoms with Gasteiger partial charge >= 0.3 is 6.18 Å². The molecule has 6 nitrogen and oxygen atoms in total. The zero-order valence-corrected chi connectivity index (χ0v) is 27.6. The minimum absolute atomic E-state index is 0.256. The third-order valence-electron chi connectivity index (χ3n) is 6.62. The van der Waals surface area contributed by atoms with Crippen molar-refractivity contribution in [2.45, 2.75) is 55.6 Å². The summed E-state index contributed by atoms with van der Waals surface area (Å²) in [5.74, 6) is -8.55. The van der Waals surface area contributed by atoms with Gasteiger partial charge in [0.15, 0.2) is 17.1 Å². The zero-order chi connectivity index (χ0) is 64.2. The highest BCUT2D eigenvalue weighted by Crippen LogP contribution is 2.32. The normalized spacial score (nSPS) is 27.5. The molecule has 6 rings (SSSR count). The van der Waals surface area contributed by atoms with Gasteiger partial charge in [-0.1, -0.05) is 59.9 Å². The van der Waals surface area contributed by atoms with Crippen LogP contribution in [-0.2, 0) is 34.5 Å². The third kappa shape index (κ3) is 9.17. The topological polar surface area (TPSA) is 54.8 Å². The first-order chi connectivity index (χ1) is 37.3. The van der Waals surface area contributed by atoms with Crippen LogP contribution in [0.25, 0.3) is 22.0 Å². The van der Waals surface area contributed by atoms with Gasteiger partial charge in [-0.2, -0.15) is 13.2 Å². The standard InChI is InChI=1S/C41H40F5N3O3S/c1-27-6-15-36-34(22-27)37(50)23-39(53-26-31-4-3-5-35(42)40(31)43)49(36)25-38(51)48(33-16-18-47(19-17-33)20-21-52-2)24-28-7-9-29(10-8-28)30-11-13-32(14-12-30)41(44,45)46/h3-15,22-23,33H,16-21,24-26H2,1-2H3/i3D,4D,5D,6D,7D,8D,9D,10D,11D,12D,13D,14D,15D,16D2,17D2,18D2,19D2,21D2,22D,23D,24D2,25D2,33D. The minimum Gasteiger partial charge on any atom is -0.383 e. The first kappa shape index (κ1) is 15.7. The molecule has 278 valence electrons. The summed E-state index contributed by atoms with van der Waals surface area (Å²) >= 11 is -0.256. The molecule has 0 unspecified atom stereocenters. The Labute approximate surface area is 351 Å². The molecular weight excluding hydrogens is 710 g/mol. The number of halogens is 5. The average molecular weight is 780 g/mol. The van der Waals surface area contributed by atoms with E-state index in [1.807, 2.05) is 0 Å². The molecule has 0 saturated carbocycles. The SMILES string of the molecule is [2H]c1c([2H])c(F)c(F)c(CSc2c([2H])c(=O)c3c([2H])c(C)c([2H])c([2H])c3n2C([2H])([2H])C(=O)N(C([2H])([2H])c2c([2H])c([2H])c(-c3c([2H])c([2H])c(C(F)(F)F)c([2H])c3[2H])c([2H])c2[2H])C2([2H])C([2H])([2H])C([2H])([2H])N(CC([2H])([2H])OC)C([2H])([2H])C2([2H])[2H])c1[2H]. The number of nitrogens with zero attached hydrogens (tertiary/aromatic N) is 3. The number of hydrogen-bond acceptors (Lipinski definition) is 5. The van der Waals surface area contributed by atoms with E-state index in [2.05, 4.69) is 4.74 Å². The van der Waals surface area contributed by atoms with Crippen LogP contribution in [0.1, 0.15) is 76.1 Å². The van der Waals surface area contributed by atoms with Gasteiger partial charge in [-0.15, -0.1) is 11.8 Å². The smallest absolute Gasteiger partial charge is 0.383 e. The highest BCUT2D eigenvalue weighted by molar-refractivity contribution is 7.98. The van der Waals surface area contributed by atoms with Crippen molar-refractivity contribution in [3.63, 3.8) is 0 Å². The number of thioether (sulfide) groups is 1. The largest absolute Gasteiger partial charge is 0.416 e. The molecule has 1 fully saturated rings. The van der Waals surface area contributed by atoms with Crippen LogP contribution in [0.3, 0.4) is 0 Å². The lowest BCUT2D eigenvalue weighted by molar-refractivity contribution is -0.137. The van der Waals surface area contributed by atoms with Crippen LogP contribution in [0.4, 0.5) is 22.0 Å². The summed E-state index contributed by atoms with van der Waals surface area (Å²) in [4.78, 5) is 28.4. The number of fused-ring (bicyclic) bond motifs is 1. The second-order valence-electron chi connectivity index (χ2n) is 10.2. The quantitative estimate of drug-likeness (QED) is 0.0938. The summed E-state index contributed by atoms with van der Waals surface area (Å²) < 4.78 is 343. The molecular formula is C41H40F5N3O3S. The second kappa shape index (κ2) is 16.7. The van der Waals surface area contributed by atoms with Crippen LogP contribution in [0.2, 0.25) is 0 Å². The van der Waals surface area contributed by atoms with E-state index < -0.39 is 243 Å². The number of rotatable bonds is 12. The Hall–Kier alpha value is -4.52. The molecule has 4 aromatic carbocycles. The molecule has 1 amide bonds. The maximum atomic E-state index is 16.1. The molecule has 1 aliphatic heterocycles. The van der Waals surface area contributed by atoms with Gasteiger partial charge in [-0.3, -0.25) is 9.59 Å². The van der Waals surface area contributed by atoms with E-state index in [9.17, 15) is 34.7 Å². The fraction of sp³-hybridized carbons (Fsp3) is 0.317. The van der Waals surface area contributed by atoms with Crippen molar-refractivity contribution in [3.05, 3.63) is 135 Å². The molecule has 1 aromatic heterocycles. The number of amides is 1. The molecule has 12 heteroatoms. The predicted octanol–water partition coefficient (Wildman–Crippen LogP) is 8.71. The van der Waals surface area contributed by atoms with Gasteiger partial charge in [-0.25, -0.2) is 8.78 Å². The van der Waals surface area contributed by atoms with E-state index >= 15 is 9.18 Å². The number of piperidine rings is 1. The Morgan fingerprint density at radius 1 is 1.02 bits per heavy atom. The highest BCUT2D eigenvalue weighted by atomic mass is 32.2. The second-order valence-corrected chi connectivity index (χ2v) is 11.2. The van der Waals surface area contributed by atoms with Crippen molar-refractivity contribution in [3.8, 4) is 11.1 Å². The zero-order valence-electron chi connectivity index (χ0n) is 56.8. The summed E-state index contributed by atoms with van der Waals surface area (Å²) in [6.07, 6.45) is -15.5. The summed E-state index contributed by atoms with van der Waals surface area (Å²) in [5.41, 5.74) is -12.1. The van der Waals surface area contributed by atoms with E-state index in [0.29, 0.717) is 7.11 Å². The van der Waals surface area contributed by atoms with Crippen LogP contribution < -0.4 is 5.43 Å².